The van der Waals surface area contributed by atoms with E-state index in [1.54, 1.807) is 42.3 Å². The average Bonchev–Trinajstić information content (AvgIpc) is 3.18. The van der Waals surface area contributed by atoms with Crippen molar-refractivity contribution in [2.24, 2.45) is 0 Å². The molecule has 1 aliphatic heterocycles. The van der Waals surface area contributed by atoms with Crippen molar-refractivity contribution < 1.29 is 13.2 Å². The quantitative estimate of drug-likeness (QED) is 0.794. The van der Waals surface area contributed by atoms with Crippen LogP contribution >= 0.6 is 0 Å². The number of hydrogen-bond acceptors (Lipinski definition) is 3. The largest absolute Gasteiger partial charge is 0.335 e. The first-order valence-corrected chi connectivity index (χ1v) is 12.1. The third-order valence-corrected chi connectivity index (χ3v) is 7.96. The molecule has 30 heavy (non-hydrogen) atoms. The predicted molar refractivity (Wildman–Crippen MR) is 120 cm³/mol. The van der Waals surface area contributed by atoms with Gasteiger partial charge in [-0.15, -0.1) is 0 Å². The highest BCUT2D eigenvalue weighted by molar-refractivity contribution is 7.92. The molecule has 2 amide bonds. The molecule has 1 N–H and O–H groups in total. The van der Waals surface area contributed by atoms with Crippen LogP contribution < -0.4 is 14.5 Å². The normalized spacial score (nSPS) is 16.9. The van der Waals surface area contributed by atoms with E-state index in [0.717, 1.165) is 42.5 Å². The number of fused-ring (bicyclic) bond motifs is 1. The van der Waals surface area contributed by atoms with Gasteiger partial charge in [-0.25, -0.2) is 13.2 Å². The number of rotatable bonds is 4. The molecule has 0 bridgehead atoms. The lowest BCUT2D eigenvalue weighted by atomic mass is 9.96. The monoisotopic (exact) mass is 427 g/mol. The molecule has 7 heteroatoms. The highest BCUT2D eigenvalue weighted by Gasteiger charge is 2.29. The fraction of sp³-hybridized carbons (Fsp3) is 0.435. The Bertz CT molecular complexity index is 1030. The Morgan fingerprint density at radius 3 is 2.47 bits per heavy atom. The third kappa shape index (κ3) is 4.03. The minimum Gasteiger partial charge on any atom is -0.335 e. The lowest BCUT2D eigenvalue weighted by Gasteiger charge is -2.26. The highest BCUT2D eigenvalue weighted by Crippen LogP contribution is 2.32. The van der Waals surface area contributed by atoms with Crippen LogP contribution in [0.15, 0.2) is 47.4 Å². The van der Waals surface area contributed by atoms with E-state index in [1.807, 2.05) is 19.1 Å². The fourth-order valence-electron chi connectivity index (χ4n) is 4.30. The zero-order valence-electron chi connectivity index (χ0n) is 17.6. The van der Waals surface area contributed by atoms with Crippen LogP contribution in [0.4, 0.5) is 16.2 Å². The molecule has 0 radical (unpaired) electrons. The fourth-order valence-corrected chi connectivity index (χ4v) is 5.55. The molecule has 0 atom stereocenters. The van der Waals surface area contributed by atoms with Gasteiger partial charge in [-0.1, -0.05) is 37.0 Å². The van der Waals surface area contributed by atoms with Crippen LogP contribution in [0.3, 0.4) is 0 Å². The maximum atomic E-state index is 13.1. The third-order valence-electron chi connectivity index (χ3n) is 6.18. The maximum Gasteiger partial charge on any atom is 0.322 e. The summed E-state index contributed by atoms with van der Waals surface area (Å²) in [6.07, 6.45) is 6.30. The van der Waals surface area contributed by atoms with Crippen molar-refractivity contribution in [3.8, 4) is 0 Å². The predicted octanol–water partition coefficient (Wildman–Crippen LogP) is 4.22. The SMILES string of the molecule is Cc1ccc(N(C)S(=O)(=O)c2ccc3c(c2)CCN3C(=O)NC2CCCCC2)cc1. The smallest absolute Gasteiger partial charge is 0.322 e. The second-order valence-electron chi connectivity index (χ2n) is 8.28. The lowest BCUT2D eigenvalue weighted by Crippen LogP contribution is -2.45. The Labute approximate surface area is 178 Å². The molecule has 2 aliphatic rings. The van der Waals surface area contributed by atoms with Gasteiger partial charge in [0, 0.05) is 25.3 Å². The van der Waals surface area contributed by atoms with Crippen LogP contribution in [0.1, 0.15) is 43.2 Å². The summed E-state index contributed by atoms with van der Waals surface area (Å²) in [7, 11) is -2.11. The topological polar surface area (TPSA) is 69.7 Å². The molecular formula is C23H29N3O3S. The Morgan fingerprint density at radius 2 is 1.77 bits per heavy atom. The number of benzene rings is 2. The first kappa shape index (κ1) is 20.7. The average molecular weight is 428 g/mol. The molecule has 160 valence electrons. The number of aryl methyl sites for hydroxylation is 1. The molecule has 4 rings (SSSR count). The van der Waals surface area contributed by atoms with E-state index < -0.39 is 10.0 Å². The second kappa shape index (κ2) is 8.30. The zero-order valence-corrected chi connectivity index (χ0v) is 18.4. The van der Waals surface area contributed by atoms with E-state index in [9.17, 15) is 13.2 Å². The number of nitrogens with zero attached hydrogens (tertiary/aromatic N) is 2. The molecule has 1 fully saturated rings. The molecular weight excluding hydrogens is 398 g/mol. The summed E-state index contributed by atoms with van der Waals surface area (Å²) in [5.41, 5.74) is 3.40. The molecule has 2 aromatic rings. The van der Waals surface area contributed by atoms with Gasteiger partial charge in [0.15, 0.2) is 0 Å². The van der Waals surface area contributed by atoms with Gasteiger partial charge in [-0.05, 0) is 62.1 Å². The van der Waals surface area contributed by atoms with Crippen LogP contribution in [-0.4, -0.2) is 34.1 Å². The van der Waals surface area contributed by atoms with Gasteiger partial charge in [0.25, 0.3) is 10.0 Å². The molecule has 1 saturated carbocycles. The van der Waals surface area contributed by atoms with Crippen molar-refractivity contribution in [2.45, 2.75) is 56.4 Å². The summed E-state index contributed by atoms with van der Waals surface area (Å²) < 4.78 is 27.6. The van der Waals surface area contributed by atoms with Crippen LogP contribution in [0.2, 0.25) is 0 Å². The van der Waals surface area contributed by atoms with E-state index in [-0.39, 0.29) is 17.0 Å². The highest BCUT2D eigenvalue weighted by atomic mass is 32.2. The van der Waals surface area contributed by atoms with Crippen molar-refractivity contribution in [2.75, 3.05) is 22.8 Å². The summed E-state index contributed by atoms with van der Waals surface area (Å²) in [6, 6.07) is 12.6. The van der Waals surface area contributed by atoms with Gasteiger partial charge < -0.3 is 5.32 Å². The van der Waals surface area contributed by atoms with Crippen molar-refractivity contribution in [1.29, 1.82) is 0 Å². The standard InChI is InChI=1S/C23H29N3O3S/c1-17-8-10-20(11-9-17)25(2)30(28,29)21-12-13-22-18(16-21)14-15-26(22)23(27)24-19-6-4-3-5-7-19/h8-13,16,19H,3-7,14-15H2,1-2H3,(H,24,27). The minimum atomic E-state index is -3.67. The van der Waals surface area contributed by atoms with Crippen LogP contribution in [0.5, 0.6) is 0 Å². The number of anilines is 2. The zero-order chi connectivity index (χ0) is 21.3. The van der Waals surface area contributed by atoms with E-state index in [1.165, 1.54) is 10.7 Å². The minimum absolute atomic E-state index is 0.0759. The van der Waals surface area contributed by atoms with Crippen molar-refractivity contribution >= 4 is 27.4 Å². The van der Waals surface area contributed by atoms with E-state index in [4.69, 9.17) is 0 Å². The molecule has 6 nitrogen and oxygen atoms in total. The summed E-state index contributed by atoms with van der Waals surface area (Å²) in [5.74, 6) is 0. The molecule has 1 aliphatic carbocycles. The van der Waals surface area contributed by atoms with Gasteiger partial charge in [-0.3, -0.25) is 9.21 Å². The van der Waals surface area contributed by atoms with Gasteiger partial charge in [-0.2, -0.15) is 0 Å². The summed E-state index contributed by atoms with van der Waals surface area (Å²) in [5, 5.41) is 3.15. The van der Waals surface area contributed by atoms with Gasteiger partial charge in [0.1, 0.15) is 0 Å². The number of urea groups is 1. The summed E-state index contributed by atoms with van der Waals surface area (Å²) >= 11 is 0. The number of hydrogen-bond donors (Lipinski definition) is 1. The van der Waals surface area contributed by atoms with E-state index in [2.05, 4.69) is 5.32 Å². The number of nitrogens with one attached hydrogen (secondary N) is 1. The van der Waals surface area contributed by atoms with Gasteiger partial charge >= 0.3 is 6.03 Å². The van der Waals surface area contributed by atoms with E-state index >= 15 is 0 Å². The number of sulfonamides is 1. The Balaban J connectivity index is 1.52. The van der Waals surface area contributed by atoms with Crippen LogP contribution in [0, 0.1) is 6.92 Å². The van der Waals surface area contributed by atoms with Gasteiger partial charge in [0.2, 0.25) is 0 Å². The Hall–Kier alpha value is -2.54. The van der Waals surface area contributed by atoms with Gasteiger partial charge in [0.05, 0.1) is 10.6 Å². The van der Waals surface area contributed by atoms with Crippen molar-refractivity contribution in [3.05, 3.63) is 53.6 Å². The molecule has 0 spiro atoms. The summed E-state index contributed by atoms with van der Waals surface area (Å²) in [6.45, 7) is 2.54. The van der Waals surface area contributed by atoms with Crippen molar-refractivity contribution in [1.82, 2.24) is 5.32 Å². The second-order valence-corrected chi connectivity index (χ2v) is 10.3. The Morgan fingerprint density at radius 1 is 1.07 bits per heavy atom. The first-order valence-electron chi connectivity index (χ1n) is 10.6. The van der Waals surface area contributed by atoms with Crippen molar-refractivity contribution in [3.63, 3.8) is 0 Å². The molecule has 0 aromatic heterocycles. The lowest BCUT2D eigenvalue weighted by molar-refractivity contribution is 0.238. The molecule has 0 unspecified atom stereocenters. The summed E-state index contributed by atoms with van der Waals surface area (Å²) in [4.78, 5) is 14.8. The molecule has 2 aromatic carbocycles. The molecule has 0 saturated heterocycles. The number of carbonyl (C=O) groups excluding carboxylic acids is 1. The molecule has 1 heterocycles. The number of amides is 2. The number of carbonyl (C=O) groups is 1. The Kier molecular flexibility index (Phi) is 5.73. The maximum absolute atomic E-state index is 13.1. The van der Waals surface area contributed by atoms with Crippen LogP contribution in [0.25, 0.3) is 0 Å². The van der Waals surface area contributed by atoms with E-state index in [0.29, 0.717) is 18.7 Å². The first-order chi connectivity index (χ1) is 14.4. The van der Waals surface area contributed by atoms with Crippen LogP contribution in [-0.2, 0) is 16.4 Å².